The van der Waals surface area contributed by atoms with Crippen molar-refractivity contribution in [3.8, 4) is 0 Å². The zero-order valence-electron chi connectivity index (χ0n) is 15.6. The molecule has 3 aliphatic heterocycles. The molecule has 4 rings (SSSR count). The van der Waals surface area contributed by atoms with Gasteiger partial charge in [-0.2, -0.15) is 4.98 Å². The molecule has 9 nitrogen and oxygen atoms in total. The molecule has 0 unspecified atom stereocenters. The zero-order chi connectivity index (χ0) is 18.8. The van der Waals surface area contributed by atoms with E-state index in [0.29, 0.717) is 37.1 Å². The number of rotatable bonds is 6. The van der Waals surface area contributed by atoms with Gasteiger partial charge in [-0.05, 0) is 31.7 Å². The number of fused-ring (bicyclic) bond motifs is 4. The molecule has 0 saturated carbocycles. The number of nitrogens with one attached hydrogen (secondary N) is 2. The molecule has 3 fully saturated rings. The van der Waals surface area contributed by atoms with Crippen LogP contribution in [-0.4, -0.2) is 65.7 Å². The third-order valence-corrected chi connectivity index (χ3v) is 5.96. The molecule has 2 N–H and O–H groups in total. The second-order valence-electron chi connectivity index (χ2n) is 7.68. The van der Waals surface area contributed by atoms with E-state index in [4.69, 9.17) is 9.26 Å². The second kappa shape index (κ2) is 7.93. The largest absolute Gasteiger partial charge is 0.384 e. The lowest BCUT2D eigenvalue weighted by Crippen LogP contribution is -2.67. The number of hydrogen-bond acceptors (Lipinski definition) is 7. The standard InChI is InChI=1S/C18H27N5O4/c1-26-6-5-15-21-14(22-27-15)10-20-18(25)17-12-7-11(8-19-9-12)13-3-2-4-16(24)23(13)17/h11-13,17,19H,2-10H2,1H3,(H,20,25)/t11-,12+,13+,17-/m1/s1. The number of carbonyl (C=O) groups is 2. The average Bonchev–Trinajstić information content (AvgIpc) is 3.14. The maximum absolute atomic E-state index is 13.0. The molecule has 27 heavy (non-hydrogen) atoms. The second-order valence-corrected chi connectivity index (χ2v) is 7.68. The van der Waals surface area contributed by atoms with Crippen LogP contribution in [0.15, 0.2) is 4.52 Å². The molecule has 4 atom stereocenters. The number of ether oxygens (including phenoxy) is 1. The van der Waals surface area contributed by atoms with Crippen LogP contribution in [0.2, 0.25) is 0 Å². The fraction of sp³-hybridized carbons (Fsp3) is 0.778. The van der Waals surface area contributed by atoms with Gasteiger partial charge >= 0.3 is 0 Å². The van der Waals surface area contributed by atoms with Gasteiger partial charge in [0.05, 0.1) is 19.6 Å². The van der Waals surface area contributed by atoms with Crippen LogP contribution in [0.5, 0.6) is 0 Å². The first-order valence-electron chi connectivity index (χ1n) is 9.77. The van der Waals surface area contributed by atoms with Crippen LogP contribution in [-0.2, 0) is 27.3 Å². The minimum Gasteiger partial charge on any atom is -0.384 e. The van der Waals surface area contributed by atoms with Crippen LogP contribution in [0.25, 0.3) is 0 Å². The van der Waals surface area contributed by atoms with E-state index in [1.807, 2.05) is 4.90 Å². The van der Waals surface area contributed by atoms with Crippen LogP contribution >= 0.6 is 0 Å². The molecule has 0 radical (unpaired) electrons. The topological polar surface area (TPSA) is 110 Å². The predicted molar refractivity (Wildman–Crippen MR) is 94.5 cm³/mol. The van der Waals surface area contributed by atoms with Crippen molar-refractivity contribution >= 4 is 11.8 Å². The Bertz CT molecular complexity index is 693. The van der Waals surface area contributed by atoms with Crippen molar-refractivity contribution in [1.29, 1.82) is 0 Å². The summed E-state index contributed by atoms with van der Waals surface area (Å²) in [6.45, 7) is 2.41. The first kappa shape index (κ1) is 18.4. The highest BCUT2D eigenvalue weighted by Crippen LogP contribution is 2.39. The molecule has 4 heterocycles. The first-order valence-corrected chi connectivity index (χ1v) is 9.77. The van der Waals surface area contributed by atoms with E-state index < -0.39 is 6.04 Å². The number of methoxy groups -OCH3 is 1. The van der Waals surface area contributed by atoms with Gasteiger partial charge in [0.15, 0.2) is 5.82 Å². The Balaban J connectivity index is 1.43. The molecule has 1 aromatic heterocycles. The number of nitrogens with zero attached hydrogens (tertiary/aromatic N) is 3. The molecule has 0 aromatic carbocycles. The highest BCUT2D eigenvalue weighted by molar-refractivity contribution is 5.89. The monoisotopic (exact) mass is 377 g/mol. The predicted octanol–water partition coefficient (Wildman–Crippen LogP) is -0.136. The Morgan fingerprint density at radius 1 is 1.41 bits per heavy atom. The third kappa shape index (κ3) is 3.70. The van der Waals surface area contributed by atoms with Crippen molar-refractivity contribution in [1.82, 2.24) is 25.7 Å². The summed E-state index contributed by atoms with van der Waals surface area (Å²) in [6.07, 6.45) is 3.99. The van der Waals surface area contributed by atoms with Crippen molar-refractivity contribution in [2.24, 2.45) is 11.8 Å². The number of amides is 2. The van der Waals surface area contributed by atoms with Gasteiger partial charge in [-0.3, -0.25) is 9.59 Å². The summed E-state index contributed by atoms with van der Waals surface area (Å²) in [7, 11) is 1.61. The quantitative estimate of drug-likeness (QED) is 0.710. The highest BCUT2D eigenvalue weighted by Gasteiger charge is 2.50. The smallest absolute Gasteiger partial charge is 0.243 e. The van der Waals surface area contributed by atoms with Gasteiger partial charge in [-0.15, -0.1) is 0 Å². The lowest BCUT2D eigenvalue weighted by Gasteiger charge is -2.53. The number of piperidine rings is 3. The number of aromatic nitrogens is 2. The van der Waals surface area contributed by atoms with Crippen LogP contribution in [0.1, 0.15) is 37.4 Å². The van der Waals surface area contributed by atoms with Crippen molar-refractivity contribution in [3.63, 3.8) is 0 Å². The van der Waals surface area contributed by atoms with Crippen molar-refractivity contribution in [2.75, 3.05) is 26.8 Å². The summed E-state index contributed by atoms with van der Waals surface area (Å²) >= 11 is 0. The van der Waals surface area contributed by atoms with Crippen LogP contribution in [0.4, 0.5) is 0 Å². The van der Waals surface area contributed by atoms with E-state index in [-0.39, 0.29) is 30.3 Å². The molecule has 3 saturated heterocycles. The van der Waals surface area contributed by atoms with E-state index in [2.05, 4.69) is 20.8 Å². The average molecular weight is 377 g/mol. The third-order valence-electron chi connectivity index (χ3n) is 5.96. The summed E-state index contributed by atoms with van der Waals surface area (Å²) < 4.78 is 10.1. The number of carbonyl (C=O) groups excluding carboxylic acids is 2. The molecular weight excluding hydrogens is 350 g/mol. The molecular formula is C18H27N5O4. The summed E-state index contributed by atoms with van der Waals surface area (Å²) in [5, 5.41) is 10.3. The molecule has 2 amide bonds. The Hall–Kier alpha value is -2.00. The van der Waals surface area contributed by atoms with E-state index in [1.165, 1.54) is 0 Å². The molecule has 2 bridgehead atoms. The van der Waals surface area contributed by atoms with E-state index >= 15 is 0 Å². The van der Waals surface area contributed by atoms with E-state index in [9.17, 15) is 9.59 Å². The molecule has 9 heteroatoms. The Kier molecular flexibility index (Phi) is 5.40. The van der Waals surface area contributed by atoms with Gasteiger partial charge in [0.25, 0.3) is 0 Å². The molecule has 3 aliphatic rings. The first-order chi connectivity index (χ1) is 13.2. The summed E-state index contributed by atoms with van der Waals surface area (Å²) in [4.78, 5) is 31.8. The van der Waals surface area contributed by atoms with E-state index in [1.54, 1.807) is 7.11 Å². The summed E-state index contributed by atoms with van der Waals surface area (Å²) in [5.74, 6) is 1.54. The number of hydrogen-bond donors (Lipinski definition) is 2. The van der Waals surface area contributed by atoms with Gasteiger partial charge in [-0.1, -0.05) is 5.16 Å². The minimum absolute atomic E-state index is 0.115. The fourth-order valence-corrected chi connectivity index (χ4v) is 4.77. The van der Waals surface area contributed by atoms with E-state index in [0.717, 1.165) is 32.4 Å². The molecule has 0 spiro atoms. The Labute approximate surface area is 158 Å². The van der Waals surface area contributed by atoms with Crippen molar-refractivity contribution in [3.05, 3.63) is 11.7 Å². The van der Waals surface area contributed by atoms with Crippen LogP contribution in [0, 0.1) is 11.8 Å². The van der Waals surface area contributed by atoms with Gasteiger partial charge in [0.1, 0.15) is 6.04 Å². The summed E-state index contributed by atoms with van der Waals surface area (Å²) in [6, 6.07) is -0.233. The lowest BCUT2D eigenvalue weighted by atomic mass is 9.72. The maximum atomic E-state index is 13.0. The van der Waals surface area contributed by atoms with Gasteiger partial charge < -0.3 is 24.8 Å². The Morgan fingerprint density at radius 3 is 3.11 bits per heavy atom. The van der Waals surface area contributed by atoms with Crippen molar-refractivity contribution in [2.45, 2.75) is 50.7 Å². The lowest BCUT2D eigenvalue weighted by molar-refractivity contribution is -0.157. The summed E-state index contributed by atoms with van der Waals surface area (Å²) in [5.41, 5.74) is 0. The van der Waals surface area contributed by atoms with Crippen molar-refractivity contribution < 1.29 is 18.8 Å². The normalized spacial score (nSPS) is 30.1. The molecule has 0 aliphatic carbocycles. The Morgan fingerprint density at radius 2 is 2.26 bits per heavy atom. The highest BCUT2D eigenvalue weighted by atomic mass is 16.5. The minimum atomic E-state index is -0.410. The molecule has 1 aromatic rings. The van der Waals surface area contributed by atoms with Crippen LogP contribution < -0.4 is 10.6 Å². The van der Waals surface area contributed by atoms with Gasteiger partial charge in [-0.25, -0.2) is 0 Å². The zero-order valence-corrected chi connectivity index (χ0v) is 15.6. The SMILES string of the molecule is COCCc1nc(CNC(=O)[C@H]2[C@@H]3CNC[C@@H](C3)[C@@H]3CCCC(=O)N32)no1. The maximum Gasteiger partial charge on any atom is 0.243 e. The van der Waals surface area contributed by atoms with Gasteiger partial charge in [0, 0.05) is 32.0 Å². The van der Waals surface area contributed by atoms with Gasteiger partial charge in [0.2, 0.25) is 17.7 Å². The fourth-order valence-electron chi connectivity index (χ4n) is 4.77. The van der Waals surface area contributed by atoms with Crippen LogP contribution in [0.3, 0.4) is 0 Å². The molecule has 148 valence electrons.